The Kier molecular flexibility index (Phi) is 4.91. The number of ether oxygens (including phenoxy) is 1. The highest BCUT2D eigenvalue weighted by atomic mass is 16.5. The first kappa shape index (κ1) is 15.3. The van der Waals surface area contributed by atoms with E-state index in [1.54, 1.807) is 0 Å². The molecule has 2 fully saturated rings. The molecule has 1 unspecified atom stereocenters. The van der Waals surface area contributed by atoms with Crippen molar-refractivity contribution in [2.24, 2.45) is 0 Å². The first-order valence-corrected chi connectivity index (χ1v) is 8.13. The fourth-order valence-electron chi connectivity index (χ4n) is 3.71. The molecule has 2 rings (SSSR count). The van der Waals surface area contributed by atoms with Crippen molar-refractivity contribution < 1.29 is 4.74 Å². The van der Waals surface area contributed by atoms with Crippen molar-refractivity contribution in [1.29, 1.82) is 0 Å². The number of hydrogen-bond donors (Lipinski definition) is 1. The van der Waals surface area contributed by atoms with Gasteiger partial charge in [0.1, 0.15) is 0 Å². The SMILES string of the molecule is CCC1(CC)CN(C2CCOC(C)(C)C2)CCCN1. The Morgan fingerprint density at radius 2 is 2.00 bits per heavy atom. The van der Waals surface area contributed by atoms with Crippen LogP contribution in [0.15, 0.2) is 0 Å². The molecule has 0 bridgehead atoms. The molecule has 2 saturated heterocycles. The van der Waals surface area contributed by atoms with Crippen LogP contribution >= 0.6 is 0 Å². The maximum absolute atomic E-state index is 5.88. The maximum atomic E-state index is 5.88. The summed E-state index contributed by atoms with van der Waals surface area (Å²) in [6.45, 7) is 13.7. The molecule has 2 aliphatic heterocycles. The van der Waals surface area contributed by atoms with Crippen LogP contribution in [-0.4, -0.2) is 48.3 Å². The monoisotopic (exact) mass is 268 g/mol. The molecule has 0 saturated carbocycles. The Hall–Kier alpha value is -0.120. The van der Waals surface area contributed by atoms with Gasteiger partial charge in [0.05, 0.1) is 5.60 Å². The Balaban J connectivity index is 2.05. The summed E-state index contributed by atoms with van der Waals surface area (Å²) >= 11 is 0. The Morgan fingerprint density at radius 3 is 2.63 bits per heavy atom. The van der Waals surface area contributed by atoms with Crippen LogP contribution in [0.1, 0.15) is 59.8 Å². The number of nitrogens with zero attached hydrogens (tertiary/aromatic N) is 1. The Bertz CT molecular complexity index is 286. The third-order valence-corrected chi connectivity index (χ3v) is 5.17. The van der Waals surface area contributed by atoms with Gasteiger partial charge in [0.25, 0.3) is 0 Å². The van der Waals surface area contributed by atoms with E-state index in [4.69, 9.17) is 4.74 Å². The summed E-state index contributed by atoms with van der Waals surface area (Å²) in [5, 5.41) is 3.81. The molecular formula is C16H32N2O. The third-order valence-electron chi connectivity index (χ3n) is 5.17. The molecule has 0 aromatic heterocycles. The molecule has 0 amide bonds. The van der Waals surface area contributed by atoms with Crippen LogP contribution < -0.4 is 5.32 Å². The van der Waals surface area contributed by atoms with Gasteiger partial charge in [-0.25, -0.2) is 0 Å². The fraction of sp³-hybridized carbons (Fsp3) is 1.00. The summed E-state index contributed by atoms with van der Waals surface area (Å²) in [5.74, 6) is 0. The van der Waals surface area contributed by atoms with E-state index in [9.17, 15) is 0 Å². The molecule has 2 heterocycles. The second-order valence-corrected chi connectivity index (χ2v) is 6.99. The van der Waals surface area contributed by atoms with Crippen molar-refractivity contribution in [3.05, 3.63) is 0 Å². The standard InChI is InChI=1S/C16H32N2O/c1-5-16(6-2)13-18(10-7-9-17-16)14-8-11-19-15(3,4)12-14/h14,17H,5-13H2,1-4H3. The summed E-state index contributed by atoms with van der Waals surface area (Å²) in [4.78, 5) is 2.75. The van der Waals surface area contributed by atoms with E-state index < -0.39 is 0 Å². The predicted molar refractivity (Wildman–Crippen MR) is 80.6 cm³/mol. The van der Waals surface area contributed by atoms with Crippen LogP contribution in [0.5, 0.6) is 0 Å². The lowest BCUT2D eigenvalue weighted by molar-refractivity contribution is -0.0851. The lowest BCUT2D eigenvalue weighted by atomic mass is 9.89. The Labute approximate surface area is 119 Å². The number of hydrogen-bond acceptors (Lipinski definition) is 3. The van der Waals surface area contributed by atoms with Gasteiger partial charge >= 0.3 is 0 Å². The van der Waals surface area contributed by atoms with E-state index in [1.165, 1.54) is 51.7 Å². The van der Waals surface area contributed by atoms with Crippen molar-refractivity contribution in [2.75, 3.05) is 26.2 Å². The van der Waals surface area contributed by atoms with Gasteiger partial charge in [-0.1, -0.05) is 13.8 Å². The quantitative estimate of drug-likeness (QED) is 0.852. The van der Waals surface area contributed by atoms with Crippen LogP contribution in [-0.2, 0) is 4.74 Å². The molecule has 19 heavy (non-hydrogen) atoms. The molecular weight excluding hydrogens is 236 g/mol. The molecule has 3 nitrogen and oxygen atoms in total. The van der Waals surface area contributed by atoms with Crippen LogP contribution in [0.3, 0.4) is 0 Å². The van der Waals surface area contributed by atoms with Crippen LogP contribution in [0.4, 0.5) is 0 Å². The highest BCUT2D eigenvalue weighted by molar-refractivity contribution is 4.95. The molecule has 0 spiro atoms. The van der Waals surface area contributed by atoms with Crippen molar-refractivity contribution in [2.45, 2.75) is 77.0 Å². The average molecular weight is 268 g/mol. The van der Waals surface area contributed by atoms with Gasteiger partial charge in [-0.3, -0.25) is 4.90 Å². The second kappa shape index (κ2) is 6.11. The van der Waals surface area contributed by atoms with Crippen LogP contribution in [0.25, 0.3) is 0 Å². The third kappa shape index (κ3) is 3.71. The molecule has 0 radical (unpaired) electrons. The van der Waals surface area contributed by atoms with E-state index >= 15 is 0 Å². The summed E-state index contributed by atoms with van der Waals surface area (Å²) < 4.78 is 5.88. The average Bonchev–Trinajstić information content (AvgIpc) is 2.61. The van der Waals surface area contributed by atoms with E-state index in [2.05, 4.69) is 37.9 Å². The first-order valence-electron chi connectivity index (χ1n) is 8.13. The summed E-state index contributed by atoms with van der Waals surface area (Å²) in [5.41, 5.74) is 0.392. The van der Waals surface area contributed by atoms with E-state index in [-0.39, 0.29) is 5.60 Å². The minimum absolute atomic E-state index is 0.0593. The van der Waals surface area contributed by atoms with Crippen molar-refractivity contribution in [3.8, 4) is 0 Å². The van der Waals surface area contributed by atoms with Crippen LogP contribution in [0, 0.1) is 0 Å². The minimum Gasteiger partial charge on any atom is -0.375 e. The number of nitrogens with one attached hydrogen (secondary N) is 1. The lowest BCUT2D eigenvalue weighted by Crippen LogP contribution is -2.54. The Morgan fingerprint density at radius 1 is 1.26 bits per heavy atom. The normalized spacial score (nSPS) is 31.9. The van der Waals surface area contributed by atoms with Crippen molar-refractivity contribution in [1.82, 2.24) is 10.2 Å². The molecule has 1 atom stereocenters. The topological polar surface area (TPSA) is 24.5 Å². The molecule has 2 aliphatic rings. The number of rotatable bonds is 3. The summed E-state index contributed by atoms with van der Waals surface area (Å²) in [6.07, 6.45) is 6.11. The molecule has 0 aromatic carbocycles. The zero-order chi connectivity index (χ0) is 13.9. The van der Waals surface area contributed by atoms with Gasteiger partial charge in [0.2, 0.25) is 0 Å². The first-order chi connectivity index (χ1) is 9.00. The molecule has 112 valence electrons. The summed E-state index contributed by atoms with van der Waals surface area (Å²) in [6, 6.07) is 0.709. The van der Waals surface area contributed by atoms with E-state index in [1.807, 2.05) is 0 Å². The van der Waals surface area contributed by atoms with Crippen LogP contribution in [0.2, 0.25) is 0 Å². The smallest absolute Gasteiger partial charge is 0.0641 e. The van der Waals surface area contributed by atoms with Gasteiger partial charge in [-0.2, -0.15) is 0 Å². The van der Waals surface area contributed by atoms with Gasteiger partial charge < -0.3 is 10.1 Å². The zero-order valence-corrected chi connectivity index (χ0v) is 13.3. The summed E-state index contributed by atoms with van der Waals surface area (Å²) in [7, 11) is 0. The molecule has 0 aromatic rings. The molecule has 3 heteroatoms. The zero-order valence-electron chi connectivity index (χ0n) is 13.3. The van der Waals surface area contributed by atoms with Crippen molar-refractivity contribution >= 4 is 0 Å². The molecule has 0 aliphatic carbocycles. The maximum Gasteiger partial charge on any atom is 0.0641 e. The minimum atomic E-state index is 0.0593. The van der Waals surface area contributed by atoms with Gasteiger partial charge in [0, 0.05) is 24.7 Å². The molecule has 1 N–H and O–H groups in total. The van der Waals surface area contributed by atoms with Crippen molar-refractivity contribution in [3.63, 3.8) is 0 Å². The predicted octanol–water partition coefficient (Wildman–Crippen LogP) is 2.80. The second-order valence-electron chi connectivity index (χ2n) is 6.99. The van der Waals surface area contributed by atoms with E-state index in [0.29, 0.717) is 11.6 Å². The van der Waals surface area contributed by atoms with E-state index in [0.717, 1.165) is 6.61 Å². The highest BCUT2D eigenvalue weighted by Crippen LogP contribution is 2.30. The lowest BCUT2D eigenvalue weighted by Gasteiger charge is -2.44. The van der Waals surface area contributed by atoms with Gasteiger partial charge in [-0.05, 0) is 59.0 Å². The highest BCUT2D eigenvalue weighted by Gasteiger charge is 2.37. The largest absolute Gasteiger partial charge is 0.375 e. The van der Waals surface area contributed by atoms with Gasteiger partial charge in [-0.15, -0.1) is 0 Å². The van der Waals surface area contributed by atoms with Gasteiger partial charge in [0.15, 0.2) is 0 Å². The fourth-order valence-corrected chi connectivity index (χ4v) is 3.71.